The van der Waals surface area contributed by atoms with Gasteiger partial charge in [-0.05, 0) is 19.9 Å². The molecule has 0 saturated heterocycles. The fourth-order valence-electron chi connectivity index (χ4n) is 0.977. The van der Waals surface area contributed by atoms with E-state index in [2.05, 4.69) is 10.3 Å². The van der Waals surface area contributed by atoms with Crippen LogP contribution in [0.1, 0.15) is 24.2 Å². The average molecular weight is 215 g/mol. The van der Waals surface area contributed by atoms with E-state index in [4.69, 9.17) is 16.7 Å². The number of hydrogen-bond acceptors (Lipinski definition) is 3. The van der Waals surface area contributed by atoms with E-state index < -0.39 is 5.97 Å². The maximum absolute atomic E-state index is 10.7. The maximum Gasteiger partial charge on any atom is 0.337 e. The summed E-state index contributed by atoms with van der Waals surface area (Å²) < 4.78 is 0. The Morgan fingerprint density at radius 1 is 1.64 bits per heavy atom. The molecule has 2 N–H and O–H groups in total. The van der Waals surface area contributed by atoms with Crippen molar-refractivity contribution in [3.63, 3.8) is 0 Å². The van der Waals surface area contributed by atoms with E-state index in [9.17, 15) is 4.79 Å². The number of carbonyl (C=O) groups is 1. The second-order valence-electron chi connectivity index (χ2n) is 3.15. The van der Waals surface area contributed by atoms with Gasteiger partial charge in [-0.2, -0.15) is 0 Å². The number of aromatic nitrogens is 1. The summed E-state index contributed by atoms with van der Waals surface area (Å²) in [4.78, 5) is 14.7. The van der Waals surface area contributed by atoms with Crippen LogP contribution in [0.5, 0.6) is 0 Å². The maximum atomic E-state index is 10.7. The zero-order chi connectivity index (χ0) is 10.7. The molecule has 0 atom stereocenters. The number of rotatable bonds is 3. The molecular weight excluding hydrogens is 204 g/mol. The van der Waals surface area contributed by atoms with E-state index >= 15 is 0 Å². The number of carboxylic acids is 1. The number of nitrogens with zero attached hydrogens (tertiary/aromatic N) is 1. The standard InChI is InChI=1S/C9H11ClN2O2/c1-5(2)12-8-3-6(9(13)14)7(10)4-11-8/h3-5H,1-2H3,(H,11,12)(H,13,14). The predicted octanol–water partition coefficient (Wildman–Crippen LogP) is 2.25. The van der Waals surface area contributed by atoms with Crippen LogP contribution in [0.2, 0.25) is 5.02 Å². The van der Waals surface area contributed by atoms with E-state index in [1.54, 1.807) is 0 Å². The quantitative estimate of drug-likeness (QED) is 0.810. The highest BCUT2D eigenvalue weighted by Gasteiger charge is 2.10. The number of pyridine rings is 1. The number of hydrogen-bond donors (Lipinski definition) is 2. The summed E-state index contributed by atoms with van der Waals surface area (Å²) >= 11 is 5.66. The summed E-state index contributed by atoms with van der Waals surface area (Å²) in [7, 11) is 0. The molecule has 1 heterocycles. The highest BCUT2D eigenvalue weighted by Crippen LogP contribution is 2.18. The van der Waals surface area contributed by atoms with Crippen LogP contribution in [0.3, 0.4) is 0 Å². The van der Waals surface area contributed by atoms with Crippen molar-refractivity contribution in [2.45, 2.75) is 19.9 Å². The minimum absolute atomic E-state index is 0.0600. The molecule has 0 amide bonds. The molecule has 0 aromatic carbocycles. The molecule has 1 aromatic rings. The third-order valence-electron chi connectivity index (χ3n) is 1.52. The fourth-order valence-corrected chi connectivity index (χ4v) is 1.16. The van der Waals surface area contributed by atoms with Gasteiger partial charge in [0.15, 0.2) is 0 Å². The number of anilines is 1. The average Bonchev–Trinajstić information content (AvgIpc) is 2.07. The van der Waals surface area contributed by atoms with Gasteiger partial charge in [0.1, 0.15) is 5.82 Å². The lowest BCUT2D eigenvalue weighted by Crippen LogP contribution is -2.12. The second kappa shape index (κ2) is 4.28. The SMILES string of the molecule is CC(C)Nc1cc(C(=O)O)c(Cl)cn1. The van der Waals surface area contributed by atoms with Crippen molar-refractivity contribution >= 4 is 23.4 Å². The van der Waals surface area contributed by atoms with E-state index in [-0.39, 0.29) is 16.6 Å². The van der Waals surface area contributed by atoms with E-state index in [0.717, 1.165) is 0 Å². The largest absolute Gasteiger partial charge is 0.478 e. The molecule has 0 bridgehead atoms. The third kappa shape index (κ3) is 2.60. The number of halogens is 1. The highest BCUT2D eigenvalue weighted by atomic mass is 35.5. The van der Waals surface area contributed by atoms with Crippen LogP contribution in [-0.2, 0) is 0 Å². The van der Waals surface area contributed by atoms with Crippen molar-refractivity contribution < 1.29 is 9.90 Å². The summed E-state index contributed by atoms with van der Waals surface area (Å²) in [6, 6.07) is 1.62. The second-order valence-corrected chi connectivity index (χ2v) is 3.56. The van der Waals surface area contributed by atoms with Gasteiger partial charge in [0, 0.05) is 12.2 Å². The molecule has 0 saturated carbocycles. The summed E-state index contributed by atoms with van der Waals surface area (Å²) in [5.41, 5.74) is 0.0600. The van der Waals surface area contributed by atoms with E-state index in [1.165, 1.54) is 12.3 Å². The molecule has 5 heteroatoms. The fraction of sp³-hybridized carbons (Fsp3) is 0.333. The van der Waals surface area contributed by atoms with Crippen LogP contribution in [0.15, 0.2) is 12.3 Å². The molecule has 0 aliphatic heterocycles. The summed E-state index contributed by atoms with van der Waals surface area (Å²) in [6.45, 7) is 3.88. The van der Waals surface area contributed by atoms with Gasteiger partial charge in [-0.1, -0.05) is 11.6 Å². The number of carboxylic acid groups (broad SMARTS) is 1. The monoisotopic (exact) mass is 214 g/mol. The normalized spacial score (nSPS) is 10.3. The molecule has 0 fully saturated rings. The first kappa shape index (κ1) is 10.8. The Morgan fingerprint density at radius 2 is 2.29 bits per heavy atom. The van der Waals surface area contributed by atoms with Gasteiger partial charge in [-0.15, -0.1) is 0 Å². The van der Waals surface area contributed by atoms with Gasteiger partial charge in [0.2, 0.25) is 0 Å². The first-order chi connectivity index (χ1) is 6.50. The summed E-state index contributed by atoms with van der Waals surface area (Å²) in [6.07, 6.45) is 1.33. The zero-order valence-corrected chi connectivity index (χ0v) is 8.67. The number of nitrogens with one attached hydrogen (secondary N) is 1. The zero-order valence-electron chi connectivity index (χ0n) is 7.91. The van der Waals surface area contributed by atoms with E-state index in [1.807, 2.05) is 13.8 Å². The smallest absolute Gasteiger partial charge is 0.337 e. The van der Waals surface area contributed by atoms with Crippen molar-refractivity contribution in [1.29, 1.82) is 0 Å². The lowest BCUT2D eigenvalue weighted by Gasteiger charge is -2.09. The Bertz CT molecular complexity index is 353. The molecule has 1 aromatic heterocycles. The lowest BCUT2D eigenvalue weighted by atomic mass is 10.2. The molecule has 4 nitrogen and oxygen atoms in total. The Balaban J connectivity index is 3.00. The molecule has 0 radical (unpaired) electrons. The van der Waals surface area contributed by atoms with Gasteiger partial charge in [-0.25, -0.2) is 9.78 Å². The van der Waals surface area contributed by atoms with Crippen LogP contribution >= 0.6 is 11.6 Å². The van der Waals surface area contributed by atoms with Crippen molar-refractivity contribution in [2.24, 2.45) is 0 Å². The Kier molecular flexibility index (Phi) is 3.30. The first-order valence-corrected chi connectivity index (χ1v) is 4.54. The van der Waals surface area contributed by atoms with Gasteiger partial charge in [0.25, 0.3) is 0 Å². The third-order valence-corrected chi connectivity index (χ3v) is 1.82. The van der Waals surface area contributed by atoms with Crippen LogP contribution in [-0.4, -0.2) is 22.1 Å². The molecule has 0 spiro atoms. The van der Waals surface area contributed by atoms with Gasteiger partial charge >= 0.3 is 5.97 Å². The first-order valence-electron chi connectivity index (χ1n) is 4.16. The van der Waals surface area contributed by atoms with Gasteiger partial charge in [0.05, 0.1) is 10.6 Å². The lowest BCUT2D eigenvalue weighted by molar-refractivity contribution is 0.0697. The molecular formula is C9H11ClN2O2. The van der Waals surface area contributed by atoms with Crippen molar-refractivity contribution in [1.82, 2.24) is 4.98 Å². The Hall–Kier alpha value is -1.29. The molecule has 1 rings (SSSR count). The summed E-state index contributed by atoms with van der Waals surface area (Å²) in [5, 5.41) is 11.9. The van der Waals surface area contributed by atoms with Crippen molar-refractivity contribution in [3.05, 3.63) is 22.8 Å². The van der Waals surface area contributed by atoms with Crippen LogP contribution in [0.25, 0.3) is 0 Å². The predicted molar refractivity (Wildman–Crippen MR) is 55.0 cm³/mol. The highest BCUT2D eigenvalue weighted by molar-refractivity contribution is 6.33. The van der Waals surface area contributed by atoms with E-state index in [0.29, 0.717) is 5.82 Å². The van der Waals surface area contributed by atoms with Gasteiger partial charge in [-0.3, -0.25) is 0 Å². The van der Waals surface area contributed by atoms with Crippen LogP contribution < -0.4 is 5.32 Å². The Morgan fingerprint density at radius 3 is 2.79 bits per heavy atom. The van der Waals surface area contributed by atoms with Crippen LogP contribution in [0, 0.1) is 0 Å². The van der Waals surface area contributed by atoms with Crippen LogP contribution in [0.4, 0.5) is 5.82 Å². The van der Waals surface area contributed by atoms with Gasteiger partial charge < -0.3 is 10.4 Å². The Labute approximate surface area is 86.9 Å². The minimum atomic E-state index is -1.05. The van der Waals surface area contributed by atoms with Crippen molar-refractivity contribution in [3.8, 4) is 0 Å². The minimum Gasteiger partial charge on any atom is -0.478 e. The number of aromatic carboxylic acids is 1. The van der Waals surface area contributed by atoms with Crippen molar-refractivity contribution in [2.75, 3.05) is 5.32 Å². The molecule has 0 unspecified atom stereocenters. The molecule has 14 heavy (non-hydrogen) atoms. The molecule has 0 aliphatic carbocycles. The molecule has 76 valence electrons. The molecule has 0 aliphatic rings. The summed E-state index contributed by atoms with van der Waals surface area (Å²) in [5.74, 6) is -0.536. The topological polar surface area (TPSA) is 62.2 Å².